The number of piperidine rings is 1. The van der Waals surface area contributed by atoms with E-state index in [-0.39, 0.29) is 11.7 Å². The van der Waals surface area contributed by atoms with Crippen LogP contribution in [0.5, 0.6) is 0 Å². The van der Waals surface area contributed by atoms with Crippen LogP contribution in [0.3, 0.4) is 0 Å². The van der Waals surface area contributed by atoms with E-state index >= 15 is 0 Å². The Labute approximate surface area is 185 Å². The molecule has 5 heteroatoms. The summed E-state index contributed by atoms with van der Waals surface area (Å²) in [6.45, 7) is 7.01. The van der Waals surface area contributed by atoms with Crippen LogP contribution in [0.1, 0.15) is 49.3 Å². The highest BCUT2D eigenvalue weighted by atomic mass is 19.1. The van der Waals surface area contributed by atoms with Crippen LogP contribution < -0.4 is 10.2 Å². The number of fused-ring (bicyclic) bond motifs is 1. The van der Waals surface area contributed by atoms with Gasteiger partial charge in [-0.05, 0) is 67.0 Å². The van der Waals surface area contributed by atoms with Crippen LogP contribution in [0, 0.1) is 5.82 Å². The van der Waals surface area contributed by atoms with E-state index in [9.17, 15) is 9.18 Å². The van der Waals surface area contributed by atoms with Crippen molar-refractivity contribution in [3.8, 4) is 0 Å². The Morgan fingerprint density at radius 3 is 2.55 bits per heavy atom. The number of likely N-dealkylation sites (tertiary alicyclic amines) is 1. The lowest BCUT2D eigenvalue weighted by molar-refractivity contribution is -0.121. The van der Waals surface area contributed by atoms with Crippen molar-refractivity contribution in [2.24, 2.45) is 0 Å². The molecular weight excluding hydrogens is 389 g/mol. The van der Waals surface area contributed by atoms with Gasteiger partial charge in [-0.15, -0.1) is 0 Å². The molecule has 0 atom stereocenters. The number of carbonyl (C=O) groups excluding carboxylic acids is 1. The highest BCUT2D eigenvalue weighted by Gasteiger charge is 2.29. The summed E-state index contributed by atoms with van der Waals surface area (Å²) in [7, 11) is 0. The summed E-state index contributed by atoms with van der Waals surface area (Å²) in [6.07, 6.45) is 5.93. The predicted octanol–water partition coefficient (Wildman–Crippen LogP) is 4.31. The van der Waals surface area contributed by atoms with Crippen molar-refractivity contribution in [3.63, 3.8) is 0 Å². The van der Waals surface area contributed by atoms with E-state index in [0.29, 0.717) is 19.0 Å². The third kappa shape index (κ3) is 5.65. The highest BCUT2D eigenvalue weighted by molar-refractivity contribution is 5.75. The third-order valence-electron chi connectivity index (χ3n) is 6.68. The maximum Gasteiger partial charge on any atom is 0.220 e. The number of rotatable bonds is 8. The van der Waals surface area contributed by atoms with Crippen LogP contribution in [-0.2, 0) is 24.2 Å². The number of benzene rings is 2. The average Bonchev–Trinajstić information content (AvgIpc) is 3.21. The number of hydrogen-bond donors (Lipinski definition) is 1. The summed E-state index contributed by atoms with van der Waals surface area (Å²) in [4.78, 5) is 16.9. The van der Waals surface area contributed by atoms with Crippen LogP contribution in [0.15, 0.2) is 42.5 Å². The van der Waals surface area contributed by atoms with Crippen LogP contribution >= 0.6 is 0 Å². The predicted molar refractivity (Wildman–Crippen MR) is 124 cm³/mol. The molecule has 2 aliphatic rings. The standard InChI is InChI=1S/C26H34FN3O/c1-2-3-26(31)28-19-21-4-7-22-11-17-30(25(22)18-21)24-12-15-29(16-13-24)14-10-20-5-8-23(27)9-6-20/h4-9,18,24H,2-3,10-17,19H2,1H3,(H,28,31). The fourth-order valence-corrected chi connectivity index (χ4v) is 4.85. The molecule has 31 heavy (non-hydrogen) atoms. The van der Waals surface area contributed by atoms with E-state index in [1.807, 2.05) is 19.1 Å². The van der Waals surface area contributed by atoms with Gasteiger partial charge in [0.25, 0.3) is 0 Å². The summed E-state index contributed by atoms with van der Waals surface area (Å²) in [5, 5.41) is 3.04. The summed E-state index contributed by atoms with van der Waals surface area (Å²) < 4.78 is 13.1. The number of amides is 1. The molecule has 166 valence electrons. The SMILES string of the molecule is CCCC(=O)NCc1ccc2c(c1)N(C1CCN(CCc3ccc(F)cc3)CC1)CC2. The number of nitrogens with zero attached hydrogens (tertiary/aromatic N) is 2. The highest BCUT2D eigenvalue weighted by Crippen LogP contribution is 2.33. The second kappa shape index (κ2) is 10.3. The van der Waals surface area contributed by atoms with E-state index in [1.54, 1.807) is 12.1 Å². The van der Waals surface area contributed by atoms with E-state index in [1.165, 1.54) is 35.2 Å². The Morgan fingerprint density at radius 2 is 1.81 bits per heavy atom. The number of hydrogen-bond acceptors (Lipinski definition) is 3. The molecule has 0 aromatic heterocycles. The van der Waals surface area contributed by atoms with Gasteiger partial charge in [0.2, 0.25) is 5.91 Å². The minimum atomic E-state index is -0.165. The summed E-state index contributed by atoms with van der Waals surface area (Å²) in [6, 6.07) is 14.2. The zero-order chi connectivity index (χ0) is 21.6. The number of carbonyl (C=O) groups is 1. The first-order valence-electron chi connectivity index (χ1n) is 11.7. The molecule has 0 aliphatic carbocycles. The van der Waals surface area contributed by atoms with Crippen molar-refractivity contribution in [3.05, 3.63) is 65.0 Å². The third-order valence-corrected chi connectivity index (χ3v) is 6.68. The van der Waals surface area contributed by atoms with Gasteiger partial charge in [0.15, 0.2) is 0 Å². The van der Waals surface area contributed by atoms with E-state index in [2.05, 4.69) is 33.3 Å². The lowest BCUT2D eigenvalue weighted by atomic mass is 10.0. The Bertz CT molecular complexity index is 875. The van der Waals surface area contributed by atoms with Gasteiger partial charge in [-0.25, -0.2) is 4.39 Å². The van der Waals surface area contributed by atoms with Gasteiger partial charge in [-0.1, -0.05) is 31.2 Å². The van der Waals surface area contributed by atoms with Crippen molar-refractivity contribution in [1.82, 2.24) is 10.2 Å². The van der Waals surface area contributed by atoms with Gasteiger partial charge in [0.05, 0.1) is 0 Å². The summed E-state index contributed by atoms with van der Waals surface area (Å²) in [5.41, 5.74) is 5.19. The summed E-state index contributed by atoms with van der Waals surface area (Å²) >= 11 is 0. The maximum atomic E-state index is 13.1. The average molecular weight is 424 g/mol. The number of anilines is 1. The monoisotopic (exact) mass is 423 g/mol. The molecule has 0 bridgehead atoms. The minimum absolute atomic E-state index is 0.132. The maximum absolute atomic E-state index is 13.1. The molecule has 0 spiro atoms. The van der Waals surface area contributed by atoms with Crippen LogP contribution in [0.4, 0.5) is 10.1 Å². The molecule has 0 unspecified atom stereocenters. The molecule has 2 aromatic carbocycles. The molecule has 2 aromatic rings. The van der Waals surface area contributed by atoms with Crippen molar-refractivity contribution in [2.45, 2.75) is 58.0 Å². The van der Waals surface area contributed by atoms with E-state index in [4.69, 9.17) is 0 Å². The molecule has 2 heterocycles. The molecule has 0 saturated carbocycles. The molecule has 4 rings (SSSR count). The van der Waals surface area contributed by atoms with Crippen LogP contribution in [0.2, 0.25) is 0 Å². The second-order valence-corrected chi connectivity index (χ2v) is 8.88. The zero-order valence-corrected chi connectivity index (χ0v) is 18.6. The van der Waals surface area contributed by atoms with E-state index < -0.39 is 0 Å². The largest absolute Gasteiger partial charge is 0.368 e. The van der Waals surface area contributed by atoms with E-state index in [0.717, 1.165) is 45.4 Å². The smallest absolute Gasteiger partial charge is 0.220 e. The van der Waals surface area contributed by atoms with Crippen molar-refractivity contribution in [2.75, 3.05) is 31.1 Å². The molecule has 1 fully saturated rings. The molecule has 4 nitrogen and oxygen atoms in total. The normalized spacial score (nSPS) is 17.0. The molecule has 1 amide bonds. The molecule has 1 N–H and O–H groups in total. The molecule has 2 aliphatic heterocycles. The molecule has 1 saturated heterocycles. The Balaban J connectivity index is 1.29. The topological polar surface area (TPSA) is 35.6 Å². The van der Waals surface area contributed by atoms with Crippen molar-refractivity contribution >= 4 is 11.6 Å². The lowest BCUT2D eigenvalue weighted by Gasteiger charge is -2.38. The van der Waals surface area contributed by atoms with Gasteiger partial charge < -0.3 is 15.1 Å². The van der Waals surface area contributed by atoms with Crippen LogP contribution in [0.25, 0.3) is 0 Å². The lowest BCUT2D eigenvalue weighted by Crippen LogP contribution is -2.45. The fourth-order valence-electron chi connectivity index (χ4n) is 4.85. The first-order chi connectivity index (χ1) is 15.1. The Morgan fingerprint density at radius 1 is 1.06 bits per heavy atom. The first kappa shape index (κ1) is 21.8. The van der Waals surface area contributed by atoms with Crippen LogP contribution in [-0.4, -0.2) is 43.0 Å². The number of halogens is 1. The Kier molecular flexibility index (Phi) is 7.23. The van der Waals surface area contributed by atoms with Gasteiger partial charge in [0, 0.05) is 50.9 Å². The Hall–Kier alpha value is -2.40. The van der Waals surface area contributed by atoms with Crippen molar-refractivity contribution < 1.29 is 9.18 Å². The fraction of sp³-hybridized carbons (Fsp3) is 0.500. The van der Waals surface area contributed by atoms with Gasteiger partial charge in [-0.3, -0.25) is 4.79 Å². The first-order valence-corrected chi connectivity index (χ1v) is 11.7. The van der Waals surface area contributed by atoms with Gasteiger partial charge >= 0.3 is 0 Å². The van der Waals surface area contributed by atoms with Gasteiger partial charge in [0.1, 0.15) is 5.82 Å². The number of nitrogens with one attached hydrogen (secondary N) is 1. The van der Waals surface area contributed by atoms with Crippen molar-refractivity contribution in [1.29, 1.82) is 0 Å². The zero-order valence-electron chi connectivity index (χ0n) is 18.6. The second-order valence-electron chi connectivity index (χ2n) is 8.88. The minimum Gasteiger partial charge on any atom is -0.368 e. The molecular formula is C26H34FN3O. The summed E-state index contributed by atoms with van der Waals surface area (Å²) in [5.74, 6) is -0.0326. The quantitative estimate of drug-likeness (QED) is 0.687. The molecule has 0 radical (unpaired) electrons. The van der Waals surface area contributed by atoms with Gasteiger partial charge in [-0.2, -0.15) is 0 Å².